The first kappa shape index (κ1) is 15.4. The topological polar surface area (TPSA) is 131 Å². The van der Waals surface area contributed by atoms with Gasteiger partial charge in [-0.25, -0.2) is 29.0 Å². The SMILES string of the molecule is CCNS(=O)(=O)CCNc1ncnc(NN)c1OC. The van der Waals surface area contributed by atoms with E-state index < -0.39 is 10.0 Å². The van der Waals surface area contributed by atoms with Gasteiger partial charge < -0.3 is 15.5 Å². The number of nitrogens with one attached hydrogen (secondary N) is 3. The van der Waals surface area contributed by atoms with E-state index in [0.29, 0.717) is 23.9 Å². The molecule has 1 aromatic rings. The molecule has 5 N–H and O–H groups in total. The average Bonchev–Trinajstić information content (AvgIpc) is 2.38. The number of nitrogen functional groups attached to an aromatic ring is 1. The van der Waals surface area contributed by atoms with Gasteiger partial charge in [-0.3, -0.25) is 0 Å². The molecule has 108 valence electrons. The summed E-state index contributed by atoms with van der Waals surface area (Å²) in [7, 11) is -1.83. The lowest BCUT2D eigenvalue weighted by atomic mass is 10.4. The van der Waals surface area contributed by atoms with Gasteiger partial charge in [0.25, 0.3) is 0 Å². The highest BCUT2D eigenvalue weighted by Gasteiger charge is 2.12. The molecule has 1 aromatic heterocycles. The Hall–Kier alpha value is -1.65. The molecule has 10 heteroatoms. The smallest absolute Gasteiger partial charge is 0.213 e. The van der Waals surface area contributed by atoms with Crippen LogP contribution in [-0.4, -0.2) is 44.3 Å². The summed E-state index contributed by atoms with van der Waals surface area (Å²) < 4.78 is 30.4. The van der Waals surface area contributed by atoms with Crippen LogP contribution in [0, 0.1) is 0 Å². The Morgan fingerprint density at radius 3 is 2.63 bits per heavy atom. The molecule has 0 spiro atoms. The highest BCUT2D eigenvalue weighted by Crippen LogP contribution is 2.27. The minimum atomic E-state index is -3.27. The van der Waals surface area contributed by atoms with E-state index in [4.69, 9.17) is 10.6 Å². The first-order chi connectivity index (χ1) is 9.04. The van der Waals surface area contributed by atoms with E-state index in [-0.39, 0.29) is 12.3 Å². The van der Waals surface area contributed by atoms with Crippen molar-refractivity contribution in [3.8, 4) is 5.75 Å². The first-order valence-corrected chi connectivity index (χ1v) is 7.26. The van der Waals surface area contributed by atoms with Crippen LogP contribution in [0.25, 0.3) is 0 Å². The predicted octanol–water partition coefficient (Wildman–Crippen LogP) is -0.878. The lowest BCUT2D eigenvalue weighted by molar-refractivity contribution is 0.414. The van der Waals surface area contributed by atoms with Crippen LogP contribution in [0.2, 0.25) is 0 Å². The summed E-state index contributed by atoms with van der Waals surface area (Å²) in [6.45, 7) is 2.27. The van der Waals surface area contributed by atoms with Crippen molar-refractivity contribution in [3.05, 3.63) is 6.33 Å². The van der Waals surface area contributed by atoms with E-state index in [0.717, 1.165) is 0 Å². The molecule has 1 rings (SSSR count). The van der Waals surface area contributed by atoms with Crippen LogP contribution in [-0.2, 0) is 10.0 Å². The van der Waals surface area contributed by atoms with Crippen LogP contribution in [0.3, 0.4) is 0 Å². The third-order valence-corrected chi connectivity index (χ3v) is 3.64. The number of nitrogens with two attached hydrogens (primary N) is 1. The summed E-state index contributed by atoms with van der Waals surface area (Å²) >= 11 is 0. The highest BCUT2D eigenvalue weighted by molar-refractivity contribution is 7.89. The summed E-state index contributed by atoms with van der Waals surface area (Å²) in [6.07, 6.45) is 1.29. The molecular formula is C9H18N6O3S. The molecule has 0 bridgehead atoms. The zero-order chi connectivity index (χ0) is 14.3. The number of aromatic nitrogens is 2. The molecular weight excluding hydrogens is 272 g/mol. The number of hydrogen-bond acceptors (Lipinski definition) is 8. The van der Waals surface area contributed by atoms with Gasteiger partial charge in [-0.15, -0.1) is 0 Å². The van der Waals surface area contributed by atoms with E-state index in [1.807, 2.05) is 0 Å². The Bertz CT molecular complexity index is 507. The molecule has 0 radical (unpaired) electrons. The number of anilines is 2. The molecule has 0 aliphatic carbocycles. The Kier molecular flexibility index (Phi) is 5.73. The van der Waals surface area contributed by atoms with Crippen molar-refractivity contribution in [2.45, 2.75) is 6.92 Å². The maximum atomic E-state index is 11.5. The van der Waals surface area contributed by atoms with Gasteiger partial charge in [0.15, 0.2) is 11.6 Å². The molecule has 0 saturated carbocycles. The fourth-order valence-corrected chi connectivity index (χ4v) is 2.35. The fraction of sp³-hybridized carbons (Fsp3) is 0.556. The second kappa shape index (κ2) is 7.07. The van der Waals surface area contributed by atoms with Crippen molar-refractivity contribution in [1.82, 2.24) is 14.7 Å². The van der Waals surface area contributed by atoms with Crippen LogP contribution in [0.5, 0.6) is 5.75 Å². The molecule has 0 aromatic carbocycles. The maximum Gasteiger partial charge on any atom is 0.213 e. The van der Waals surface area contributed by atoms with E-state index in [1.165, 1.54) is 13.4 Å². The number of nitrogens with zero attached hydrogens (tertiary/aromatic N) is 2. The molecule has 0 amide bonds. The molecule has 0 aliphatic heterocycles. The highest BCUT2D eigenvalue weighted by atomic mass is 32.2. The second-order valence-electron chi connectivity index (χ2n) is 3.49. The predicted molar refractivity (Wildman–Crippen MR) is 72.3 cm³/mol. The molecule has 19 heavy (non-hydrogen) atoms. The van der Waals surface area contributed by atoms with E-state index >= 15 is 0 Å². The Balaban J connectivity index is 2.68. The van der Waals surface area contributed by atoms with E-state index in [1.54, 1.807) is 6.92 Å². The van der Waals surface area contributed by atoms with Gasteiger partial charge in [0.05, 0.1) is 12.9 Å². The first-order valence-electron chi connectivity index (χ1n) is 5.61. The van der Waals surface area contributed by atoms with Crippen molar-refractivity contribution >= 4 is 21.7 Å². The van der Waals surface area contributed by atoms with Crippen LogP contribution in [0.1, 0.15) is 6.92 Å². The number of hydrazine groups is 1. The molecule has 9 nitrogen and oxygen atoms in total. The summed E-state index contributed by atoms with van der Waals surface area (Å²) in [5.41, 5.74) is 2.37. The van der Waals surface area contributed by atoms with Crippen molar-refractivity contribution in [2.24, 2.45) is 5.84 Å². The lowest BCUT2D eigenvalue weighted by Crippen LogP contribution is -2.29. The number of methoxy groups -OCH3 is 1. The number of hydrogen-bond donors (Lipinski definition) is 4. The van der Waals surface area contributed by atoms with Crippen LogP contribution in [0.4, 0.5) is 11.6 Å². The van der Waals surface area contributed by atoms with Gasteiger partial charge in [-0.05, 0) is 0 Å². The van der Waals surface area contributed by atoms with Gasteiger partial charge in [0.2, 0.25) is 15.8 Å². The zero-order valence-corrected chi connectivity index (χ0v) is 11.6. The third kappa shape index (κ3) is 4.50. The largest absolute Gasteiger partial charge is 0.490 e. The van der Waals surface area contributed by atoms with Crippen molar-refractivity contribution in [1.29, 1.82) is 0 Å². The van der Waals surface area contributed by atoms with Crippen molar-refractivity contribution in [2.75, 3.05) is 36.7 Å². The third-order valence-electron chi connectivity index (χ3n) is 2.17. The molecule has 1 heterocycles. The van der Waals surface area contributed by atoms with Gasteiger partial charge in [0, 0.05) is 13.1 Å². The Morgan fingerprint density at radius 2 is 2.05 bits per heavy atom. The van der Waals surface area contributed by atoms with Crippen LogP contribution in [0.15, 0.2) is 6.33 Å². The van der Waals surface area contributed by atoms with E-state index in [2.05, 4.69) is 25.4 Å². The molecule has 0 aliphatic rings. The van der Waals surface area contributed by atoms with Gasteiger partial charge in [0.1, 0.15) is 6.33 Å². The summed E-state index contributed by atoms with van der Waals surface area (Å²) in [5.74, 6) is 6.22. The number of sulfonamides is 1. The zero-order valence-electron chi connectivity index (χ0n) is 10.8. The van der Waals surface area contributed by atoms with Crippen LogP contribution >= 0.6 is 0 Å². The number of ether oxygens (including phenoxy) is 1. The standard InChI is InChI=1S/C9H18N6O3S/c1-3-14-19(16,17)5-4-11-8-7(18-2)9(15-10)13-6-12-8/h6,14H,3-5,10H2,1-2H3,(H2,11,12,13,15). The minimum Gasteiger partial charge on any atom is -0.490 e. The number of rotatable bonds is 8. The van der Waals surface area contributed by atoms with Crippen molar-refractivity contribution in [3.63, 3.8) is 0 Å². The van der Waals surface area contributed by atoms with Gasteiger partial charge in [-0.1, -0.05) is 6.92 Å². The average molecular weight is 290 g/mol. The van der Waals surface area contributed by atoms with Gasteiger partial charge in [-0.2, -0.15) is 0 Å². The van der Waals surface area contributed by atoms with Gasteiger partial charge >= 0.3 is 0 Å². The van der Waals surface area contributed by atoms with Crippen LogP contribution < -0.4 is 26.0 Å². The molecule has 0 fully saturated rings. The Morgan fingerprint density at radius 1 is 1.37 bits per heavy atom. The van der Waals surface area contributed by atoms with E-state index in [9.17, 15) is 8.42 Å². The minimum absolute atomic E-state index is 0.0701. The lowest BCUT2D eigenvalue weighted by Gasteiger charge is -2.12. The normalized spacial score (nSPS) is 11.1. The maximum absolute atomic E-state index is 11.5. The Labute approximate surface area is 112 Å². The second-order valence-corrected chi connectivity index (χ2v) is 5.42. The molecule has 0 saturated heterocycles. The quantitative estimate of drug-likeness (QED) is 0.358. The summed E-state index contributed by atoms with van der Waals surface area (Å²) in [5, 5.41) is 2.86. The summed E-state index contributed by atoms with van der Waals surface area (Å²) in [4.78, 5) is 7.84. The molecule has 0 unspecified atom stereocenters. The molecule has 0 atom stereocenters. The van der Waals surface area contributed by atoms with Crippen molar-refractivity contribution < 1.29 is 13.2 Å². The fourth-order valence-electron chi connectivity index (χ4n) is 1.39. The monoisotopic (exact) mass is 290 g/mol. The summed E-state index contributed by atoms with van der Waals surface area (Å²) in [6, 6.07) is 0.